The molecule has 0 unspecified atom stereocenters. The van der Waals surface area contributed by atoms with Crippen LogP contribution in [0.5, 0.6) is 0 Å². The van der Waals surface area contributed by atoms with Gasteiger partial charge in [-0.25, -0.2) is 0 Å². The Balaban J connectivity index is 2.04. The summed E-state index contributed by atoms with van der Waals surface area (Å²) >= 11 is 1.70. The molecular weight excluding hydrogens is 228 g/mol. The summed E-state index contributed by atoms with van der Waals surface area (Å²) in [7, 11) is 0. The number of rotatable bonds is 2. The highest BCUT2D eigenvalue weighted by Crippen LogP contribution is 2.44. The van der Waals surface area contributed by atoms with Crippen molar-refractivity contribution in [1.82, 2.24) is 4.98 Å². The first-order valence-corrected chi connectivity index (χ1v) is 6.96. The molecule has 1 fully saturated rings. The molecule has 1 aliphatic rings. The Hall–Kier alpha value is -1.35. The van der Waals surface area contributed by atoms with Gasteiger partial charge in [-0.1, -0.05) is 12.8 Å². The van der Waals surface area contributed by atoms with E-state index >= 15 is 0 Å². The molecule has 3 rings (SSSR count). The molecule has 1 saturated carbocycles. The van der Waals surface area contributed by atoms with Gasteiger partial charge in [0.25, 0.3) is 0 Å². The van der Waals surface area contributed by atoms with Crippen LogP contribution in [-0.2, 0) is 0 Å². The van der Waals surface area contributed by atoms with E-state index in [1.807, 2.05) is 12.4 Å². The first-order valence-electron chi connectivity index (χ1n) is 6.14. The number of pyridine rings is 1. The van der Waals surface area contributed by atoms with Crippen LogP contribution in [0.2, 0.25) is 0 Å². The molecule has 2 N–H and O–H groups in total. The maximum Gasteiger partial charge on any atom is 0.0865 e. The van der Waals surface area contributed by atoms with Crippen molar-refractivity contribution in [3.8, 4) is 10.4 Å². The number of hydrogen-bond donors (Lipinski definition) is 1. The Morgan fingerprint density at radius 2 is 1.88 bits per heavy atom. The zero-order valence-electron chi connectivity index (χ0n) is 9.73. The van der Waals surface area contributed by atoms with Gasteiger partial charge in [0, 0.05) is 17.3 Å². The molecule has 0 amide bonds. The fourth-order valence-corrected chi connectivity index (χ4v) is 3.71. The van der Waals surface area contributed by atoms with Gasteiger partial charge in [0.2, 0.25) is 0 Å². The Morgan fingerprint density at radius 1 is 1.18 bits per heavy atom. The van der Waals surface area contributed by atoms with E-state index in [1.54, 1.807) is 11.3 Å². The van der Waals surface area contributed by atoms with E-state index < -0.39 is 0 Å². The molecular formula is C14H16N2S. The average molecular weight is 244 g/mol. The van der Waals surface area contributed by atoms with Crippen LogP contribution in [-0.4, -0.2) is 4.98 Å². The summed E-state index contributed by atoms with van der Waals surface area (Å²) in [6.07, 6.45) is 9.04. The molecule has 88 valence electrons. The number of nitrogens with zero attached hydrogens (tertiary/aromatic N) is 1. The van der Waals surface area contributed by atoms with Crippen LogP contribution in [0.4, 0.5) is 5.00 Å². The lowest BCUT2D eigenvalue weighted by Crippen LogP contribution is -1.92. The zero-order valence-corrected chi connectivity index (χ0v) is 10.5. The van der Waals surface area contributed by atoms with Crippen molar-refractivity contribution in [2.45, 2.75) is 31.6 Å². The second kappa shape index (κ2) is 4.49. The largest absolute Gasteiger partial charge is 0.391 e. The lowest BCUT2D eigenvalue weighted by molar-refractivity contribution is 0.728. The number of thiophene rings is 1. The van der Waals surface area contributed by atoms with Crippen LogP contribution in [0.3, 0.4) is 0 Å². The summed E-state index contributed by atoms with van der Waals surface area (Å²) in [5.41, 5.74) is 8.70. The van der Waals surface area contributed by atoms with Gasteiger partial charge in [-0.15, -0.1) is 11.3 Å². The minimum Gasteiger partial charge on any atom is -0.391 e. The van der Waals surface area contributed by atoms with E-state index in [-0.39, 0.29) is 0 Å². The summed E-state index contributed by atoms with van der Waals surface area (Å²) in [4.78, 5) is 5.42. The van der Waals surface area contributed by atoms with Crippen molar-refractivity contribution in [2.24, 2.45) is 0 Å². The molecule has 2 nitrogen and oxygen atoms in total. The van der Waals surface area contributed by atoms with Crippen LogP contribution in [0, 0.1) is 0 Å². The smallest absolute Gasteiger partial charge is 0.0865 e. The maximum atomic E-state index is 5.99. The van der Waals surface area contributed by atoms with E-state index in [1.165, 1.54) is 41.7 Å². The van der Waals surface area contributed by atoms with Crippen LogP contribution in [0.15, 0.2) is 30.6 Å². The topological polar surface area (TPSA) is 38.9 Å². The predicted molar refractivity (Wildman–Crippen MR) is 73.2 cm³/mol. The highest BCUT2D eigenvalue weighted by Gasteiger charge is 2.22. The molecule has 0 aromatic carbocycles. The number of anilines is 1. The van der Waals surface area contributed by atoms with Crippen molar-refractivity contribution in [2.75, 3.05) is 5.73 Å². The summed E-state index contributed by atoms with van der Waals surface area (Å²) in [6, 6.07) is 6.32. The molecule has 2 aromatic rings. The predicted octanol–water partition coefficient (Wildman–Crippen LogP) is 4.05. The van der Waals surface area contributed by atoms with E-state index in [9.17, 15) is 0 Å². The van der Waals surface area contributed by atoms with Crippen molar-refractivity contribution < 1.29 is 0 Å². The summed E-state index contributed by atoms with van der Waals surface area (Å²) in [6.45, 7) is 0. The van der Waals surface area contributed by atoms with Crippen molar-refractivity contribution >= 4 is 16.3 Å². The van der Waals surface area contributed by atoms with Crippen LogP contribution >= 0.6 is 11.3 Å². The van der Waals surface area contributed by atoms with Gasteiger partial charge >= 0.3 is 0 Å². The molecule has 2 aromatic heterocycles. The van der Waals surface area contributed by atoms with E-state index in [0.717, 1.165) is 5.00 Å². The minimum absolute atomic E-state index is 0.715. The fraction of sp³-hybridized carbons (Fsp3) is 0.357. The maximum absolute atomic E-state index is 5.99. The van der Waals surface area contributed by atoms with Gasteiger partial charge in [-0.05, 0) is 48.1 Å². The lowest BCUT2D eigenvalue weighted by Gasteiger charge is -2.10. The average Bonchev–Trinajstić information content (AvgIpc) is 2.98. The number of nitrogen functional groups attached to an aromatic ring is 1. The molecule has 0 spiro atoms. The van der Waals surface area contributed by atoms with Crippen LogP contribution in [0.1, 0.15) is 37.2 Å². The van der Waals surface area contributed by atoms with E-state index in [2.05, 4.69) is 23.2 Å². The Labute approximate surface area is 106 Å². The third-order valence-corrected chi connectivity index (χ3v) is 4.55. The van der Waals surface area contributed by atoms with E-state index in [4.69, 9.17) is 5.73 Å². The van der Waals surface area contributed by atoms with Crippen LogP contribution in [0.25, 0.3) is 10.4 Å². The fourth-order valence-electron chi connectivity index (χ4n) is 2.69. The Morgan fingerprint density at radius 3 is 2.59 bits per heavy atom. The Kier molecular flexibility index (Phi) is 2.85. The summed E-state index contributed by atoms with van der Waals surface area (Å²) in [5, 5.41) is 0.929. The summed E-state index contributed by atoms with van der Waals surface area (Å²) in [5.74, 6) is 0.715. The molecule has 0 atom stereocenters. The van der Waals surface area contributed by atoms with Crippen LogP contribution < -0.4 is 5.73 Å². The molecule has 0 bridgehead atoms. The SMILES string of the molecule is Nc1cc(C2CCCC2)c(-c2ccncc2)s1. The Bertz CT molecular complexity index is 498. The highest BCUT2D eigenvalue weighted by molar-refractivity contribution is 7.19. The van der Waals surface area contributed by atoms with Gasteiger partial charge in [0.15, 0.2) is 0 Å². The number of hydrogen-bond acceptors (Lipinski definition) is 3. The van der Waals surface area contributed by atoms with Gasteiger partial charge in [-0.3, -0.25) is 4.98 Å². The molecule has 0 radical (unpaired) electrons. The summed E-state index contributed by atoms with van der Waals surface area (Å²) < 4.78 is 0. The lowest BCUT2D eigenvalue weighted by atomic mass is 9.96. The molecule has 2 heterocycles. The number of nitrogens with two attached hydrogens (primary N) is 1. The number of aromatic nitrogens is 1. The second-order valence-corrected chi connectivity index (χ2v) is 5.73. The van der Waals surface area contributed by atoms with Gasteiger partial charge in [-0.2, -0.15) is 0 Å². The molecule has 0 aliphatic heterocycles. The molecule has 3 heteroatoms. The van der Waals surface area contributed by atoms with E-state index in [0.29, 0.717) is 5.92 Å². The monoisotopic (exact) mass is 244 g/mol. The van der Waals surface area contributed by atoms with Crippen molar-refractivity contribution in [3.63, 3.8) is 0 Å². The first-order chi connectivity index (χ1) is 8.34. The normalized spacial score (nSPS) is 16.5. The zero-order chi connectivity index (χ0) is 11.7. The highest BCUT2D eigenvalue weighted by atomic mass is 32.1. The minimum atomic E-state index is 0.715. The van der Waals surface area contributed by atoms with Gasteiger partial charge < -0.3 is 5.73 Å². The van der Waals surface area contributed by atoms with Gasteiger partial charge in [0.1, 0.15) is 0 Å². The van der Waals surface area contributed by atoms with Crippen molar-refractivity contribution in [1.29, 1.82) is 0 Å². The third-order valence-electron chi connectivity index (χ3n) is 3.52. The van der Waals surface area contributed by atoms with Gasteiger partial charge in [0.05, 0.1) is 5.00 Å². The van der Waals surface area contributed by atoms with Crippen molar-refractivity contribution in [3.05, 3.63) is 36.2 Å². The molecule has 0 saturated heterocycles. The third kappa shape index (κ3) is 2.07. The second-order valence-electron chi connectivity index (χ2n) is 4.65. The molecule has 1 aliphatic carbocycles. The quantitative estimate of drug-likeness (QED) is 0.865. The molecule has 17 heavy (non-hydrogen) atoms. The standard InChI is InChI=1S/C14H16N2S/c15-13-9-12(10-3-1-2-4-10)14(17-13)11-5-7-16-8-6-11/h5-10H,1-4,15H2. The first kappa shape index (κ1) is 10.8.